The molecule has 1 aliphatic carbocycles. The van der Waals surface area contributed by atoms with Gasteiger partial charge in [0.05, 0.1) is 5.41 Å². The second-order valence-electron chi connectivity index (χ2n) is 14.9. The van der Waals surface area contributed by atoms with Gasteiger partial charge in [0.15, 0.2) is 0 Å². The molecular formula is C51H39NSi. The lowest BCUT2D eigenvalue weighted by Gasteiger charge is -2.35. The topological polar surface area (TPSA) is 3.24 Å². The van der Waals surface area contributed by atoms with E-state index < -0.39 is 13.5 Å². The zero-order valence-electron chi connectivity index (χ0n) is 30.0. The molecule has 0 radical (unpaired) electrons. The number of fused-ring (bicyclic) bond motifs is 6. The van der Waals surface area contributed by atoms with Gasteiger partial charge in [-0.1, -0.05) is 183 Å². The fourth-order valence-corrected chi connectivity index (χ4v) is 12.8. The highest BCUT2D eigenvalue weighted by Crippen LogP contribution is 2.56. The van der Waals surface area contributed by atoms with Crippen LogP contribution in [0.1, 0.15) is 22.3 Å². The predicted octanol–water partition coefficient (Wildman–Crippen LogP) is 12.0. The van der Waals surface area contributed by atoms with Crippen LogP contribution in [0.4, 0.5) is 17.1 Å². The lowest BCUT2D eigenvalue weighted by Crippen LogP contribution is -2.50. The molecule has 0 spiro atoms. The molecule has 252 valence electrons. The summed E-state index contributed by atoms with van der Waals surface area (Å²) in [5.41, 5.74) is 16.2. The largest absolute Gasteiger partial charge is 0.311 e. The van der Waals surface area contributed by atoms with Crippen molar-refractivity contribution in [2.45, 2.75) is 18.5 Å². The van der Waals surface area contributed by atoms with Crippen molar-refractivity contribution in [1.29, 1.82) is 0 Å². The summed E-state index contributed by atoms with van der Waals surface area (Å²) < 4.78 is 0. The number of benzene rings is 8. The molecule has 1 aliphatic heterocycles. The number of rotatable bonds is 6. The van der Waals surface area contributed by atoms with E-state index in [-0.39, 0.29) is 0 Å². The molecule has 0 aromatic heterocycles. The summed E-state index contributed by atoms with van der Waals surface area (Å²) in [7, 11) is -2.03. The second-order valence-corrected chi connectivity index (χ2v) is 19.2. The first-order valence-electron chi connectivity index (χ1n) is 18.6. The quantitative estimate of drug-likeness (QED) is 0.157. The number of anilines is 3. The van der Waals surface area contributed by atoms with E-state index in [9.17, 15) is 0 Å². The van der Waals surface area contributed by atoms with Crippen LogP contribution in [0.2, 0.25) is 13.1 Å². The van der Waals surface area contributed by atoms with Crippen molar-refractivity contribution in [3.63, 3.8) is 0 Å². The summed E-state index contributed by atoms with van der Waals surface area (Å²) in [6.45, 7) is 5.03. The molecule has 0 unspecified atom stereocenters. The average molecular weight is 694 g/mol. The minimum atomic E-state index is -2.03. The monoisotopic (exact) mass is 693 g/mol. The lowest BCUT2D eigenvalue weighted by atomic mass is 9.68. The summed E-state index contributed by atoms with van der Waals surface area (Å²) in [5, 5.41) is 3.01. The fourth-order valence-electron chi connectivity index (χ4n) is 9.44. The molecule has 8 aromatic carbocycles. The molecule has 2 heteroatoms. The van der Waals surface area contributed by atoms with Gasteiger partial charge in [0.25, 0.3) is 0 Å². The van der Waals surface area contributed by atoms with E-state index in [0.29, 0.717) is 0 Å². The van der Waals surface area contributed by atoms with Crippen LogP contribution < -0.4 is 15.3 Å². The van der Waals surface area contributed by atoms with Crippen LogP contribution in [0.3, 0.4) is 0 Å². The summed E-state index contributed by atoms with van der Waals surface area (Å²) in [6, 6.07) is 74.3. The standard InChI is InChI=1S/C51H39NSi/c1-53(2)49-27-14-11-22-44(49)45-23-15-26-48(50(45)53)52(40-32-28-37(29-33-40)36-16-5-3-6-17-36)41-34-30-39(31-35-41)51(38-18-7-4-8-19-38)46-24-12-9-20-42(46)43-21-10-13-25-47(43)51/h3-35H,1-2H3. The van der Waals surface area contributed by atoms with Crippen LogP contribution in [0, 0.1) is 0 Å². The Kier molecular flexibility index (Phi) is 7.25. The minimum absolute atomic E-state index is 0.431. The zero-order valence-corrected chi connectivity index (χ0v) is 31.0. The Morgan fingerprint density at radius 3 is 1.49 bits per heavy atom. The van der Waals surface area contributed by atoms with E-state index in [0.717, 1.165) is 11.4 Å². The molecule has 0 atom stereocenters. The molecule has 0 saturated carbocycles. The number of hydrogen-bond acceptors (Lipinski definition) is 1. The first-order valence-corrected chi connectivity index (χ1v) is 21.6. The molecule has 53 heavy (non-hydrogen) atoms. The van der Waals surface area contributed by atoms with E-state index in [1.54, 1.807) is 0 Å². The van der Waals surface area contributed by atoms with Crippen molar-refractivity contribution in [2.75, 3.05) is 4.90 Å². The third kappa shape index (κ3) is 4.69. The van der Waals surface area contributed by atoms with Gasteiger partial charge in [-0.3, -0.25) is 0 Å². The van der Waals surface area contributed by atoms with Gasteiger partial charge in [0.2, 0.25) is 0 Å². The molecule has 8 aromatic rings. The summed E-state index contributed by atoms with van der Waals surface area (Å²) in [6.07, 6.45) is 0. The molecule has 0 N–H and O–H groups in total. The normalized spacial score (nSPS) is 14.2. The SMILES string of the molecule is C[Si]1(C)c2ccccc2-c2cccc(N(c3ccc(-c4ccccc4)cc3)c3ccc(C4(c5ccccc5)c5ccccc5-c5ccccc54)cc3)c21. The molecule has 2 aliphatic rings. The van der Waals surface area contributed by atoms with Crippen LogP contribution in [0.5, 0.6) is 0 Å². The Morgan fingerprint density at radius 2 is 0.849 bits per heavy atom. The van der Waals surface area contributed by atoms with Crippen LogP contribution in [-0.2, 0) is 5.41 Å². The summed E-state index contributed by atoms with van der Waals surface area (Å²) in [4.78, 5) is 2.50. The van der Waals surface area contributed by atoms with Crippen molar-refractivity contribution in [3.8, 4) is 33.4 Å². The van der Waals surface area contributed by atoms with Gasteiger partial charge >= 0.3 is 0 Å². The van der Waals surface area contributed by atoms with Crippen LogP contribution >= 0.6 is 0 Å². The van der Waals surface area contributed by atoms with Crippen molar-refractivity contribution >= 4 is 35.5 Å². The predicted molar refractivity (Wildman–Crippen MR) is 226 cm³/mol. The highest BCUT2D eigenvalue weighted by molar-refractivity contribution is 7.04. The van der Waals surface area contributed by atoms with Crippen molar-refractivity contribution in [1.82, 2.24) is 0 Å². The van der Waals surface area contributed by atoms with E-state index in [2.05, 4.69) is 218 Å². The van der Waals surface area contributed by atoms with E-state index in [4.69, 9.17) is 0 Å². The van der Waals surface area contributed by atoms with Crippen LogP contribution in [0.25, 0.3) is 33.4 Å². The van der Waals surface area contributed by atoms with Crippen molar-refractivity contribution < 1.29 is 0 Å². The number of nitrogens with zero attached hydrogens (tertiary/aromatic N) is 1. The Morgan fingerprint density at radius 1 is 0.377 bits per heavy atom. The maximum absolute atomic E-state index is 2.51. The third-order valence-electron chi connectivity index (χ3n) is 11.7. The Balaban J connectivity index is 1.18. The van der Waals surface area contributed by atoms with Gasteiger partial charge in [0, 0.05) is 17.1 Å². The van der Waals surface area contributed by atoms with Gasteiger partial charge in [0.1, 0.15) is 8.07 Å². The molecule has 1 heterocycles. The molecule has 0 amide bonds. The first kappa shape index (κ1) is 31.5. The zero-order chi connectivity index (χ0) is 35.6. The third-order valence-corrected chi connectivity index (χ3v) is 15.3. The maximum Gasteiger partial charge on any atom is 0.116 e. The smallest absolute Gasteiger partial charge is 0.116 e. The first-order chi connectivity index (χ1) is 26.1. The number of hydrogen-bond donors (Lipinski definition) is 0. The molecule has 1 nitrogen and oxygen atoms in total. The minimum Gasteiger partial charge on any atom is -0.311 e. The summed E-state index contributed by atoms with van der Waals surface area (Å²) in [5.74, 6) is 0. The second kappa shape index (κ2) is 12.2. The molecular weight excluding hydrogens is 655 g/mol. The van der Waals surface area contributed by atoms with Gasteiger partial charge in [-0.05, 0) is 96.3 Å². The average Bonchev–Trinajstić information content (AvgIpc) is 3.66. The Labute approximate surface area is 313 Å². The maximum atomic E-state index is 2.51. The Bertz CT molecular complexity index is 2580. The van der Waals surface area contributed by atoms with Gasteiger partial charge in [-0.2, -0.15) is 0 Å². The van der Waals surface area contributed by atoms with Gasteiger partial charge in [-0.25, -0.2) is 0 Å². The Hall–Kier alpha value is -6.22. The van der Waals surface area contributed by atoms with Crippen LogP contribution in [-0.4, -0.2) is 8.07 Å². The lowest BCUT2D eigenvalue weighted by molar-refractivity contribution is 0.768. The van der Waals surface area contributed by atoms with Gasteiger partial charge < -0.3 is 4.90 Å². The molecule has 0 saturated heterocycles. The van der Waals surface area contributed by atoms with Crippen LogP contribution in [0.15, 0.2) is 200 Å². The highest BCUT2D eigenvalue weighted by atomic mass is 28.3. The fraction of sp³-hybridized carbons (Fsp3) is 0.0588. The van der Waals surface area contributed by atoms with E-state index in [1.165, 1.54) is 71.7 Å². The van der Waals surface area contributed by atoms with E-state index >= 15 is 0 Å². The van der Waals surface area contributed by atoms with Crippen molar-refractivity contribution in [2.24, 2.45) is 0 Å². The molecule has 0 fully saturated rings. The van der Waals surface area contributed by atoms with Crippen molar-refractivity contribution in [3.05, 3.63) is 222 Å². The van der Waals surface area contributed by atoms with Gasteiger partial charge in [-0.15, -0.1) is 0 Å². The molecule has 10 rings (SSSR count). The molecule has 0 bridgehead atoms. The summed E-state index contributed by atoms with van der Waals surface area (Å²) >= 11 is 0. The highest BCUT2D eigenvalue weighted by Gasteiger charge is 2.46. The van der Waals surface area contributed by atoms with E-state index in [1.807, 2.05) is 0 Å².